The molecule has 0 fully saturated rings. The van der Waals surface area contributed by atoms with E-state index in [1.165, 1.54) is 0 Å². The number of amides is 1. The number of nitrogens with zero attached hydrogens (tertiary/aromatic N) is 2. The standard InChI is InChI=1S/C14H23N3O/c1-14(2,3)6-8-17(4)13(18)12-9-11(10-15)5-7-16-12/h5,7,9H,6,8,10,15H2,1-4H3. The first kappa shape index (κ1) is 14.6. The van der Waals surface area contributed by atoms with E-state index in [4.69, 9.17) is 5.73 Å². The molecular formula is C14H23N3O. The summed E-state index contributed by atoms with van der Waals surface area (Å²) in [5.41, 5.74) is 7.18. The number of carbonyl (C=O) groups is 1. The fourth-order valence-electron chi connectivity index (χ4n) is 1.52. The van der Waals surface area contributed by atoms with Gasteiger partial charge in [-0.3, -0.25) is 9.78 Å². The van der Waals surface area contributed by atoms with E-state index in [-0.39, 0.29) is 11.3 Å². The second-order valence-electron chi connectivity index (χ2n) is 5.79. The first-order valence-corrected chi connectivity index (χ1v) is 6.24. The van der Waals surface area contributed by atoms with Crippen molar-refractivity contribution in [2.75, 3.05) is 13.6 Å². The predicted octanol–water partition coefficient (Wildman–Crippen LogP) is 2.05. The second kappa shape index (κ2) is 5.96. The number of rotatable bonds is 4. The molecule has 0 bridgehead atoms. The molecule has 1 aromatic heterocycles. The number of carbonyl (C=O) groups excluding carboxylic acids is 1. The molecule has 4 heteroatoms. The van der Waals surface area contributed by atoms with Crippen LogP contribution in [0.4, 0.5) is 0 Å². The fourth-order valence-corrected chi connectivity index (χ4v) is 1.52. The molecule has 2 N–H and O–H groups in total. The number of hydrogen-bond donors (Lipinski definition) is 1. The van der Waals surface area contributed by atoms with Crippen molar-refractivity contribution in [3.63, 3.8) is 0 Å². The quantitative estimate of drug-likeness (QED) is 0.888. The highest BCUT2D eigenvalue weighted by molar-refractivity contribution is 5.92. The number of hydrogen-bond acceptors (Lipinski definition) is 3. The molecule has 0 aliphatic rings. The van der Waals surface area contributed by atoms with Gasteiger partial charge in [-0.25, -0.2) is 0 Å². The van der Waals surface area contributed by atoms with Gasteiger partial charge in [0.1, 0.15) is 5.69 Å². The number of pyridine rings is 1. The van der Waals surface area contributed by atoms with Crippen molar-refractivity contribution >= 4 is 5.91 Å². The molecule has 0 radical (unpaired) electrons. The summed E-state index contributed by atoms with van der Waals surface area (Å²) in [6, 6.07) is 3.59. The maximum absolute atomic E-state index is 12.2. The smallest absolute Gasteiger partial charge is 0.272 e. The van der Waals surface area contributed by atoms with Crippen LogP contribution in [-0.2, 0) is 6.54 Å². The Morgan fingerprint density at radius 2 is 2.11 bits per heavy atom. The highest BCUT2D eigenvalue weighted by atomic mass is 16.2. The van der Waals surface area contributed by atoms with Gasteiger partial charge in [-0.05, 0) is 29.5 Å². The summed E-state index contributed by atoms with van der Waals surface area (Å²) in [5, 5.41) is 0. The Labute approximate surface area is 109 Å². The van der Waals surface area contributed by atoms with E-state index < -0.39 is 0 Å². The lowest BCUT2D eigenvalue weighted by Crippen LogP contribution is -2.30. The van der Waals surface area contributed by atoms with Crippen LogP contribution in [0.25, 0.3) is 0 Å². The van der Waals surface area contributed by atoms with Crippen LogP contribution in [0.5, 0.6) is 0 Å². The van der Waals surface area contributed by atoms with Crippen molar-refractivity contribution in [3.8, 4) is 0 Å². The number of nitrogens with two attached hydrogens (primary N) is 1. The minimum Gasteiger partial charge on any atom is -0.340 e. The normalized spacial score (nSPS) is 11.4. The molecule has 0 saturated heterocycles. The Kier molecular flexibility index (Phi) is 4.84. The molecule has 0 atom stereocenters. The van der Waals surface area contributed by atoms with E-state index in [1.54, 1.807) is 17.2 Å². The van der Waals surface area contributed by atoms with Crippen molar-refractivity contribution in [2.24, 2.45) is 11.1 Å². The van der Waals surface area contributed by atoms with Crippen LogP contribution in [0.15, 0.2) is 18.3 Å². The molecule has 0 aromatic carbocycles. The zero-order chi connectivity index (χ0) is 13.8. The van der Waals surface area contributed by atoms with E-state index in [0.717, 1.165) is 18.5 Å². The van der Waals surface area contributed by atoms with Crippen LogP contribution in [0.3, 0.4) is 0 Å². The monoisotopic (exact) mass is 249 g/mol. The maximum atomic E-state index is 12.2. The molecule has 0 aliphatic heterocycles. The predicted molar refractivity (Wildman–Crippen MR) is 73.2 cm³/mol. The van der Waals surface area contributed by atoms with Gasteiger partial charge in [-0.2, -0.15) is 0 Å². The summed E-state index contributed by atoms with van der Waals surface area (Å²) in [5.74, 6) is -0.0467. The zero-order valence-corrected chi connectivity index (χ0v) is 11.7. The fraction of sp³-hybridized carbons (Fsp3) is 0.571. The Bertz CT molecular complexity index is 410. The third kappa shape index (κ3) is 4.45. The van der Waals surface area contributed by atoms with E-state index in [1.807, 2.05) is 13.1 Å². The van der Waals surface area contributed by atoms with Crippen LogP contribution < -0.4 is 5.73 Å². The average Bonchev–Trinajstić information content (AvgIpc) is 2.34. The van der Waals surface area contributed by atoms with Gasteiger partial charge in [0.2, 0.25) is 0 Å². The van der Waals surface area contributed by atoms with Gasteiger partial charge in [0, 0.05) is 26.3 Å². The molecule has 0 saturated carbocycles. The van der Waals surface area contributed by atoms with Crippen LogP contribution in [0.1, 0.15) is 43.2 Å². The lowest BCUT2D eigenvalue weighted by molar-refractivity contribution is 0.0774. The first-order valence-electron chi connectivity index (χ1n) is 6.24. The molecule has 1 amide bonds. The maximum Gasteiger partial charge on any atom is 0.272 e. The molecule has 0 unspecified atom stereocenters. The first-order chi connectivity index (χ1) is 8.33. The van der Waals surface area contributed by atoms with Gasteiger partial charge in [0.15, 0.2) is 0 Å². The number of aromatic nitrogens is 1. The van der Waals surface area contributed by atoms with Crippen LogP contribution in [0, 0.1) is 5.41 Å². The van der Waals surface area contributed by atoms with Gasteiger partial charge >= 0.3 is 0 Å². The molecule has 0 spiro atoms. The summed E-state index contributed by atoms with van der Waals surface area (Å²) >= 11 is 0. The zero-order valence-electron chi connectivity index (χ0n) is 11.7. The molecular weight excluding hydrogens is 226 g/mol. The van der Waals surface area contributed by atoms with E-state index in [9.17, 15) is 4.79 Å². The Morgan fingerprint density at radius 3 is 2.67 bits per heavy atom. The molecule has 1 rings (SSSR count). The van der Waals surface area contributed by atoms with Crippen molar-refractivity contribution in [3.05, 3.63) is 29.6 Å². The Hall–Kier alpha value is -1.42. The largest absolute Gasteiger partial charge is 0.340 e. The molecule has 1 heterocycles. The van der Waals surface area contributed by atoms with E-state index >= 15 is 0 Å². The molecule has 100 valence electrons. The summed E-state index contributed by atoms with van der Waals surface area (Å²) in [4.78, 5) is 18.0. The van der Waals surface area contributed by atoms with Crippen molar-refractivity contribution in [2.45, 2.75) is 33.7 Å². The third-order valence-corrected chi connectivity index (χ3v) is 2.82. The molecule has 18 heavy (non-hydrogen) atoms. The summed E-state index contributed by atoms with van der Waals surface area (Å²) in [7, 11) is 1.81. The average molecular weight is 249 g/mol. The van der Waals surface area contributed by atoms with Gasteiger partial charge in [-0.15, -0.1) is 0 Å². The lowest BCUT2D eigenvalue weighted by Gasteiger charge is -2.23. The SMILES string of the molecule is CN(CCC(C)(C)C)C(=O)c1cc(CN)ccn1. The highest BCUT2D eigenvalue weighted by Gasteiger charge is 2.16. The molecule has 0 aliphatic carbocycles. The van der Waals surface area contributed by atoms with Gasteiger partial charge in [-0.1, -0.05) is 20.8 Å². The van der Waals surface area contributed by atoms with Crippen LogP contribution >= 0.6 is 0 Å². The van der Waals surface area contributed by atoms with Crippen molar-refractivity contribution < 1.29 is 4.79 Å². The van der Waals surface area contributed by atoms with Crippen molar-refractivity contribution in [1.82, 2.24) is 9.88 Å². The summed E-state index contributed by atoms with van der Waals surface area (Å²) < 4.78 is 0. The third-order valence-electron chi connectivity index (χ3n) is 2.82. The minimum atomic E-state index is -0.0467. The molecule has 1 aromatic rings. The van der Waals surface area contributed by atoms with Crippen molar-refractivity contribution in [1.29, 1.82) is 0 Å². The summed E-state index contributed by atoms with van der Waals surface area (Å²) in [6.07, 6.45) is 2.60. The van der Waals surface area contributed by atoms with E-state index in [2.05, 4.69) is 25.8 Å². The Morgan fingerprint density at radius 1 is 1.44 bits per heavy atom. The highest BCUT2D eigenvalue weighted by Crippen LogP contribution is 2.18. The van der Waals surface area contributed by atoms with Gasteiger partial charge in [0.25, 0.3) is 5.91 Å². The Balaban J connectivity index is 2.68. The van der Waals surface area contributed by atoms with Crippen LogP contribution in [0.2, 0.25) is 0 Å². The summed E-state index contributed by atoms with van der Waals surface area (Å²) in [6.45, 7) is 7.65. The van der Waals surface area contributed by atoms with E-state index in [0.29, 0.717) is 12.2 Å². The van der Waals surface area contributed by atoms with Gasteiger partial charge < -0.3 is 10.6 Å². The second-order valence-corrected chi connectivity index (χ2v) is 5.79. The van der Waals surface area contributed by atoms with Gasteiger partial charge in [0.05, 0.1) is 0 Å². The van der Waals surface area contributed by atoms with Crippen LogP contribution in [-0.4, -0.2) is 29.4 Å². The molecule has 4 nitrogen and oxygen atoms in total. The lowest BCUT2D eigenvalue weighted by atomic mass is 9.92. The minimum absolute atomic E-state index is 0.0467. The topological polar surface area (TPSA) is 59.2 Å².